The number of aromatic nitrogens is 1. The van der Waals surface area contributed by atoms with Crippen molar-refractivity contribution in [2.75, 3.05) is 33.5 Å². The number of thiazole rings is 1. The molecule has 4 rings (SSSR count). The molecule has 0 radical (unpaired) electrons. The third-order valence-corrected chi connectivity index (χ3v) is 7.16. The van der Waals surface area contributed by atoms with Crippen LogP contribution in [0.4, 0.5) is 0 Å². The van der Waals surface area contributed by atoms with Gasteiger partial charge in [-0.2, -0.15) is 0 Å². The Bertz CT molecular complexity index is 1650. The lowest BCUT2D eigenvalue weighted by molar-refractivity contribution is -0.143. The van der Waals surface area contributed by atoms with E-state index < -0.39 is 18.0 Å². The van der Waals surface area contributed by atoms with Crippen LogP contribution in [-0.4, -0.2) is 50.0 Å². The first-order chi connectivity index (χ1) is 19.8. The summed E-state index contributed by atoms with van der Waals surface area (Å²) in [6, 6.07) is 11.7. The highest BCUT2D eigenvalue weighted by Gasteiger charge is 2.34. The van der Waals surface area contributed by atoms with Gasteiger partial charge in [0, 0.05) is 5.56 Å². The second-order valence-electron chi connectivity index (χ2n) is 8.78. The van der Waals surface area contributed by atoms with Gasteiger partial charge in [-0.1, -0.05) is 35.6 Å². The van der Waals surface area contributed by atoms with Crippen LogP contribution in [0.3, 0.4) is 0 Å². The van der Waals surface area contributed by atoms with Gasteiger partial charge in [-0.3, -0.25) is 9.36 Å². The van der Waals surface area contributed by atoms with Gasteiger partial charge in [0.1, 0.15) is 5.75 Å². The van der Waals surface area contributed by atoms with E-state index in [0.29, 0.717) is 51.1 Å². The fourth-order valence-corrected chi connectivity index (χ4v) is 5.45. The number of hydrogen-bond donors (Lipinski definition) is 0. The van der Waals surface area contributed by atoms with Crippen LogP contribution in [0.2, 0.25) is 0 Å². The van der Waals surface area contributed by atoms with Gasteiger partial charge in [-0.25, -0.2) is 14.6 Å². The van der Waals surface area contributed by atoms with Crippen molar-refractivity contribution < 1.29 is 33.3 Å². The number of benzene rings is 2. The zero-order valence-electron chi connectivity index (χ0n) is 23.6. The molecular weight excluding hydrogens is 548 g/mol. The number of fused-ring (bicyclic) bond motifs is 1. The monoisotopic (exact) mass is 580 g/mol. The number of nitrogens with zero attached hydrogens (tertiary/aromatic N) is 2. The van der Waals surface area contributed by atoms with Crippen LogP contribution in [-0.2, 0) is 19.1 Å². The first-order valence-corrected chi connectivity index (χ1v) is 14.0. The quantitative estimate of drug-likeness (QED) is 0.318. The highest BCUT2D eigenvalue weighted by atomic mass is 32.1. The minimum Gasteiger partial charge on any atom is -0.493 e. The summed E-state index contributed by atoms with van der Waals surface area (Å²) < 4.78 is 29.1. The first kappa shape index (κ1) is 29.6. The molecule has 0 saturated carbocycles. The fraction of sp³-hybridized carbons (Fsp3) is 0.333. The van der Waals surface area contributed by atoms with Crippen molar-refractivity contribution in [1.29, 1.82) is 0 Å². The molecule has 0 amide bonds. The molecule has 10 nitrogen and oxygen atoms in total. The fourth-order valence-electron chi connectivity index (χ4n) is 4.41. The maximum atomic E-state index is 14.0. The second-order valence-corrected chi connectivity index (χ2v) is 9.79. The molecule has 1 aliphatic heterocycles. The van der Waals surface area contributed by atoms with Gasteiger partial charge >= 0.3 is 11.9 Å². The summed E-state index contributed by atoms with van der Waals surface area (Å²) in [6.07, 6.45) is 1.77. The van der Waals surface area contributed by atoms with Crippen molar-refractivity contribution in [2.45, 2.75) is 33.7 Å². The van der Waals surface area contributed by atoms with Crippen molar-refractivity contribution in [1.82, 2.24) is 4.57 Å². The molecule has 41 heavy (non-hydrogen) atoms. The maximum absolute atomic E-state index is 14.0. The average molecular weight is 581 g/mol. The van der Waals surface area contributed by atoms with Gasteiger partial charge in [0.2, 0.25) is 0 Å². The van der Waals surface area contributed by atoms with E-state index in [1.807, 2.05) is 38.1 Å². The molecule has 1 aromatic heterocycles. The number of rotatable bonds is 11. The summed E-state index contributed by atoms with van der Waals surface area (Å²) >= 11 is 1.22. The van der Waals surface area contributed by atoms with Gasteiger partial charge in [0.25, 0.3) is 5.56 Å². The Labute approximate surface area is 241 Å². The smallest absolute Gasteiger partial charge is 0.343 e. The molecule has 2 aromatic carbocycles. The van der Waals surface area contributed by atoms with Gasteiger partial charge in [0.15, 0.2) is 22.9 Å². The Morgan fingerprint density at radius 2 is 1.71 bits per heavy atom. The third-order valence-electron chi connectivity index (χ3n) is 6.18. The highest BCUT2D eigenvalue weighted by molar-refractivity contribution is 7.07. The molecule has 0 bridgehead atoms. The molecule has 0 spiro atoms. The number of carbonyl (C=O) groups is 2. The van der Waals surface area contributed by atoms with Crippen LogP contribution >= 0.6 is 11.3 Å². The van der Waals surface area contributed by atoms with Gasteiger partial charge in [-0.05, 0) is 57.5 Å². The molecule has 0 N–H and O–H groups in total. The van der Waals surface area contributed by atoms with E-state index in [0.717, 1.165) is 5.56 Å². The number of ether oxygens (including phenoxy) is 5. The second kappa shape index (κ2) is 13.3. The number of hydrogen-bond acceptors (Lipinski definition) is 10. The van der Waals surface area contributed by atoms with Crippen molar-refractivity contribution >= 4 is 29.4 Å². The topological polar surface area (TPSA) is 115 Å². The van der Waals surface area contributed by atoms with Crippen LogP contribution in [0.1, 0.15) is 44.9 Å². The van der Waals surface area contributed by atoms with Crippen molar-refractivity contribution in [2.24, 2.45) is 4.99 Å². The Balaban J connectivity index is 1.90. The van der Waals surface area contributed by atoms with Crippen LogP contribution in [0.25, 0.3) is 6.08 Å². The molecule has 0 aliphatic carbocycles. The predicted octanol–water partition coefficient (Wildman–Crippen LogP) is 3.15. The lowest BCUT2D eigenvalue weighted by Crippen LogP contribution is -2.40. The van der Waals surface area contributed by atoms with Crippen LogP contribution in [0, 0.1) is 0 Å². The van der Waals surface area contributed by atoms with E-state index in [9.17, 15) is 14.4 Å². The summed E-state index contributed by atoms with van der Waals surface area (Å²) in [5, 5.41) is 0. The number of esters is 2. The SMILES string of the molecule is CCOC(=O)C1=C(C)N=c2s/c(=C/c3ccccc3OCC)c(=O)n2[C@@H]1c1ccc(OCC(=O)OC)c(OCC)c1. The maximum Gasteiger partial charge on any atom is 0.343 e. The number of allylic oxidation sites excluding steroid dienone is 1. The Morgan fingerprint density at radius 1 is 0.976 bits per heavy atom. The van der Waals surface area contributed by atoms with E-state index >= 15 is 0 Å². The Hall–Kier alpha value is -4.38. The average Bonchev–Trinajstić information content (AvgIpc) is 3.26. The lowest BCUT2D eigenvalue weighted by atomic mass is 9.95. The highest BCUT2D eigenvalue weighted by Crippen LogP contribution is 2.36. The predicted molar refractivity (Wildman–Crippen MR) is 153 cm³/mol. The number of methoxy groups -OCH3 is 1. The third kappa shape index (κ3) is 6.35. The van der Waals surface area contributed by atoms with E-state index in [1.54, 1.807) is 38.1 Å². The molecule has 216 valence electrons. The van der Waals surface area contributed by atoms with E-state index in [-0.39, 0.29) is 24.3 Å². The summed E-state index contributed by atoms with van der Waals surface area (Å²) in [4.78, 5) is 43.9. The van der Waals surface area contributed by atoms with Crippen molar-refractivity contribution in [3.63, 3.8) is 0 Å². The standard InChI is InChI=1S/C30H32N2O8S/c1-6-37-21-12-10-9-11-19(21)16-24-28(34)32-27(26(29(35)39-8-3)18(4)31-30(32)41-24)20-13-14-22(23(15-20)38-7-2)40-17-25(33)36-5/h9-16,27H,6-8,17H2,1-5H3/b24-16+/t27-/m1/s1. The number of para-hydroxylation sites is 1. The summed E-state index contributed by atoms with van der Waals surface area (Å²) in [6.45, 7) is 7.80. The summed E-state index contributed by atoms with van der Waals surface area (Å²) in [7, 11) is 1.27. The molecule has 1 aliphatic rings. The molecule has 1 atom stereocenters. The largest absolute Gasteiger partial charge is 0.493 e. The minimum absolute atomic E-state index is 0.158. The zero-order valence-corrected chi connectivity index (χ0v) is 24.4. The van der Waals surface area contributed by atoms with E-state index in [1.165, 1.54) is 23.0 Å². The first-order valence-electron chi connectivity index (χ1n) is 13.2. The lowest BCUT2D eigenvalue weighted by Gasteiger charge is -2.25. The van der Waals surface area contributed by atoms with Crippen LogP contribution < -0.4 is 29.1 Å². The molecule has 3 aromatic rings. The van der Waals surface area contributed by atoms with Crippen LogP contribution in [0.5, 0.6) is 17.2 Å². The number of carbonyl (C=O) groups excluding carboxylic acids is 2. The van der Waals surface area contributed by atoms with Gasteiger partial charge in [-0.15, -0.1) is 0 Å². The van der Waals surface area contributed by atoms with Crippen molar-refractivity contribution in [3.8, 4) is 17.2 Å². The molecule has 0 saturated heterocycles. The molecule has 11 heteroatoms. The Morgan fingerprint density at radius 3 is 2.41 bits per heavy atom. The van der Waals surface area contributed by atoms with Gasteiger partial charge < -0.3 is 23.7 Å². The zero-order chi connectivity index (χ0) is 29.5. The van der Waals surface area contributed by atoms with E-state index in [4.69, 9.17) is 18.9 Å². The minimum atomic E-state index is -0.844. The van der Waals surface area contributed by atoms with Gasteiger partial charge in [0.05, 0.1) is 48.8 Å². The molecule has 0 fully saturated rings. The summed E-state index contributed by atoms with van der Waals surface area (Å²) in [5.74, 6) is 0.208. The summed E-state index contributed by atoms with van der Waals surface area (Å²) in [5.41, 5.74) is 1.70. The molecule has 2 heterocycles. The molecule has 0 unspecified atom stereocenters. The van der Waals surface area contributed by atoms with E-state index in [2.05, 4.69) is 9.73 Å². The normalized spacial score (nSPS) is 14.7. The van der Waals surface area contributed by atoms with Crippen LogP contribution in [0.15, 0.2) is 63.5 Å². The molecular formula is C30H32N2O8S. The van der Waals surface area contributed by atoms with Crippen molar-refractivity contribution in [3.05, 3.63) is 84.5 Å². The Kier molecular flexibility index (Phi) is 9.61.